The molecule has 1 heterocycles. The summed E-state index contributed by atoms with van der Waals surface area (Å²) in [4.78, 5) is 10.3. The second kappa shape index (κ2) is 6.83. The lowest BCUT2D eigenvalue weighted by Gasteiger charge is -2.05. The van der Waals surface area contributed by atoms with Gasteiger partial charge in [0, 0.05) is 10.8 Å². The third-order valence-electron chi connectivity index (χ3n) is 2.01. The van der Waals surface area contributed by atoms with Crippen LogP contribution in [0.1, 0.15) is 5.89 Å². The average molecular weight is 334 g/mol. The highest BCUT2D eigenvalue weighted by atomic mass is 35.5. The van der Waals surface area contributed by atoms with Gasteiger partial charge in [-0.3, -0.25) is 0 Å². The van der Waals surface area contributed by atoms with Crippen molar-refractivity contribution in [1.29, 1.82) is 0 Å². The molecule has 0 saturated heterocycles. The van der Waals surface area contributed by atoms with E-state index in [1.54, 1.807) is 18.2 Å². The van der Waals surface area contributed by atoms with Gasteiger partial charge in [0.05, 0.1) is 11.0 Å². The maximum atomic E-state index is 10.3. The zero-order valence-electron chi connectivity index (χ0n) is 9.84. The van der Waals surface area contributed by atoms with E-state index >= 15 is 0 Å². The van der Waals surface area contributed by atoms with Crippen LogP contribution in [0.15, 0.2) is 27.8 Å². The van der Waals surface area contributed by atoms with Gasteiger partial charge >= 0.3 is 0 Å². The summed E-state index contributed by atoms with van der Waals surface area (Å²) in [6.45, 7) is 0.0141. The Morgan fingerprint density at radius 1 is 1.40 bits per heavy atom. The summed E-state index contributed by atoms with van der Waals surface area (Å²) in [5.74, 6) is -0.833. The molecule has 0 atom stereocenters. The molecular formula is C11H7Cl2N2O4S-. The van der Waals surface area contributed by atoms with Crippen LogP contribution in [0.3, 0.4) is 0 Å². The first-order valence-corrected chi connectivity index (χ1v) is 7.01. The molecule has 0 radical (unpaired) electrons. The van der Waals surface area contributed by atoms with E-state index in [1.807, 2.05) is 0 Å². The fraction of sp³-hybridized carbons (Fsp3) is 0.182. The van der Waals surface area contributed by atoms with Crippen LogP contribution in [-0.2, 0) is 11.4 Å². The number of halogens is 2. The number of benzene rings is 1. The van der Waals surface area contributed by atoms with Crippen LogP contribution in [0.5, 0.6) is 5.75 Å². The number of hydrogen-bond acceptors (Lipinski definition) is 7. The first-order chi connectivity index (χ1) is 9.54. The van der Waals surface area contributed by atoms with E-state index < -0.39 is 5.97 Å². The Morgan fingerprint density at radius 2 is 2.20 bits per heavy atom. The van der Waals surface area contributed by atoms with Gasteiger partial charge < -0.3 is 19.1 Å². The summed E-state index contributed by atoms with van der Waals surface area (Å²) < 4.78 is 10.6. The number of hydrogen-bond donors (Lipinski definition) is 0. The van der Waals surface area contributed by atoms with Gasteiger partial charge in [0.25, 0.3) is 11.1 Å². The van der Waals surface area contributed by atoms with Crippen molar-refractivity contribution in [2.45, 2.75) is 11.8 Å². The predicted molar refractivity (Wildman–Crippen MR) is 70.8 cm³/mol. The number of thioether (sulfide) groups is 1. The molecule has 0 spiro atoms. The van der Waals surface area contributed by atoms with Gasteiger partial charge in [-0.05, 0) is 18.2 Å². The van der Waals surface area contributed by atoms with Crippen molar-refractivity contribution in [2.24, 2.45) is 0 Å². The number of ether oxygens (including phenoxy) is 1. The number of carboxylic acids is 1. The molecule has 0 N–H and O–H groups in total. The van der Waals surface area contributed by atoms with Gasteiger partial charge in [-0.2, -0.15) is 0 Å². The first-order valence-electron chi connectivity index (χ1n) is 5.27. The average Bonchev–Trinajstić information content (AvgIpc) is 2.83. The van der Waals surface area contributed by atoms with Crippen molar-refractivity contribution in [3.63, 3.8) is 0 Å². The molecule has 106 valence electrons. The minimum absolute atomic E-state index is 0.0141. The number of rotatable bonds is 6. The van der Waals surface area contributed by atoms with Crippen molar-refractivity contribution in [2.75, 3.05) is 5.75 Å². The zero-order valence-corrected chi connectivity index (χ0v) is 12.2. The number of carbonyl (C=O) groups is 1. The lowest BCUT2D eigenvalue weighted by Crippen LogP contribution is -2.24. The molecule has 0 saturated carbocycles. The predicted octanol–water partition coefficient (Wildman–Crippen LogP) is 1.80. The molecule has 1 aromatic heterocycles. The third kappa shape index (κ3) is 4.29. The lowest BCUT2D eigenvalue weighted by molar-refractivity contribution is -0.301. The van der Waals surface area contributed by atoms with E-state index in [1.165, 1.54) is 0 Å². The van der Waals surface area contributed by atoms with Crippen molar-refractivity contribution in [3.8, 4) is 5.75 Å². The quantitative estimate of drug-likeness (QED) is 0.744. The van der Waals surface area contributed by atoms with E-state index in [-0.39, 0.29) is 23.5 Å². The summed E-state index contributed by atoms with van der Waals surface area (Å²) in [7, 11) is 0. The third-order valence-corrected chi connectivity index (χ3v) is 3.33. The van der Waals surface area contributed by atoms with Gasteiger partial charge in [0.1, 0.15) is 5.75 Å². The Hall–Kier alpha value is -1.44. The molecule has 1 aromatic carbocycles. The number of nitrogens with zero attached hydrogens (tertiary/aromatic N) is 2. The van der Waals surface area contributed by atoms with Crippen LogP contribution in [0.4, 0.5) is 0 Å². The van der Waals surface area contributed by atoms with E-state index in [2.05, 4.69) is 10.2 Å². The normalized spacial score (nSPS) is 10.5. The fourth-order valence-electron chi connectivity index (χ4n) is 1.21. The maximum absolute atomic E-state index is 10.3. The van der Waals surface area contributed by atoms with Crippen molar-refractivity contribution in [3.05, 3.63) is 34.1 Å². The summed E-state index contributed by atoms with van der Waals surface area (Å²) in [5, 5.41) is 18.7. The molecule has 9 heteroatoms. The maximum Gasteiger partial charge on any atom is 0.277 e. The summed E-state index contributed by atoms with van der Waals surface area (Å²) >= 11 is 12.6. The Bertz CT molecular complexity index is 620. The van der Waals surface area contributed by atoms with Gasteiger partial charge in [0.15, 0.2) is 6.61 Å². The molecule has 0 bridgehead atoms. The Kier molecular flexibility index (Phi) is 5.11. The number of aromatic nitrogens is 2. The van der Waals surface area contributed by atoms with Crippen LogP contribution in [0.25, 0.3) is 0 Å². The van der Waals surface area contributed by atoms with Crippen molar-refractivity contribution >= 4 is 40.9 Å². The minimum Gasteiger partial charge on any atom is -0.549 e. The Balaban J connectivity index is 1.92. The highest BCUT2D eigenvalue weighted by Crippen LogP contribution is 2.28. The monoisotopic (exact) mass is 333 g/mol. The number of aliphatic carboxylic acids is 1. The zero-order chi connectivity index (χ0) is 14.5. The van der Waals surface area contributed by atoms with Crippen LogP contribution < -0.4 is 9.84 Å². The molecule has 0 aliphatic carbocycles. The molecule has 0 aliphatic rings. The fourth-order valence-corrected chi connectivity index (χ4v) is 2.17. The van der Waals surface area contributed by atoms with E-state index in [4.69, 9.17) is 32.4 Å². The van der Waals surface area contributed by atoms with Gasteiger partial charge in [0.2, 0.25) is 0 Å². The summed E-state index contributed by atoms with van der Waals surface area (Å²) in [5.41, 5.74) is 0. The van der Waals surface area contributed by atoms with Crippen LogP contribution in [0.2, 0.25) is 10.0 Å². The smallest absolute Gasteiger partial charge is 0.277 e. The SMILES string of the molecule is O=C([O-])CSc1nnc(COc2ccc(Cl)cc2Cl)o1. The van der Waals surface area contributed by atoms with E-state index in [0.29, 0.717) is 15.8 Å². The highest BCUT2D eigenvalue weighted by Gasteiger charge is 2.09. The van der Waals surface area contributed by atoms with Crippen LogP contribution in [-0.4, -0.2) is 21.9 Å². The molecule has 0 amide bonds. The van der Waals surface area contributed by atoms with Crippen LogP contribution >= 0.6 is 35.0 Å². The number of carbonyl (C=O) groups excluding carboxylic acids is 1. The van der Waals surface area contributed by atoms with Crippen molar-refractivity contribution < 1.29 is 19.1 Å². The molecule has 0 unspecified atom stereocenters. The molecule has 6 nitrogen and oxygen atoms in total. The lowest BCUT2D eigenvalue weighted by atomic mass is 10.3. The molecule has 0 aliphatic heterocycles. The van der Waals surface area contributed by atoms with Gasteiger partial charge in [-0.15, -0.1) is 10.2 Å². The largest absolute Gasteiger partial charge is 0.549 e. The second-order valence-electron chi connectivity index (χ2n) is 3.49. The van der Waals surface area contributed by atoms with Gasteiger partial charge in [-0.1, -0.05) is 35.0 Å². The molecular weight excluding hydrogens is 327 g/mol. The topological polar surface area (TPSA) is 88.3 Å². The Labute approximate surface area is 128 Å². The summed E-state index contributed by atoms with van der Waals surface area (Å²) in [6.07, 6.45) is 0. The molecule has 20 heavy (non-hydrogen) atoms. The summed E-state index contributed by atoms with van der Waals surface area (Å²) in [6, 6.07) is 4.80. The Morgan fingerprint density at radius 3 is 2.90 bits per heavy atom. The van der Waals surface area contributed by atoms with E-state index in [9.17, 15) is 9.90 Å². The minimum atomic E-state index is -1.21. The molecule has 2 rings (SSSR count). The second-order valence-corrected chi connectivity index (χ2v) is 5.26. The number of carboxylic acid groups (broad SMARTS) is 1. The van der Waals surface area contributed by atoms with Crippen LogP contribution in [0, 0.1) is 0 Å². The van der Waals surface area contributed by atoms with E-state index in [0.717, 1.165) is 11.8 Å². The molecule has 2 aromatic rings. The van der Waals surface area contributed by atoms with Gasteiger partial charge in [-0.25, -0.2) is 0 Å². The molecule has 0 fully saturated rings. The standard InChI is InChI=1S/C11H8Cl2N2O4S/c12-6-1-2-8(7(13)3-6)18-4-9-14-15-11(19-9)20-5-10(16)17/h1-3H,4-5H2,(H,16,17)/p-1. The van der Waals surface area contributed by atoms with Crippen molar-refractivity contribution in [1.82, 2.24) is 10.2 Å². The highest BCUT2D eigenvalue weighted by molar-refractivity contribution is 7.99. The first kappa shape index (κ1) is 15.0.